The van der Waals surface area contributed by atoms with Crippen LogP contribution in [0.25, 0.3) is 11.3 Å². The van der Waals surface area contributed by atoms with Gasteiger partial charge in [0.05, 0.1) is 49.9 Å². The average molecular weight is 409 g/mol. The zero-order valence-corrected chi connectivity index (χ0v) is 17.2. The van der Waals surface area contributed by atoms with E-state index in [-0.39, 0.29) is 11.9 Å². The van der Waals surface area contributed by atoms with Crippen molar-refractivity contribution in [2.75, 3.05) is 19.1 Å². The first-order valence-corrected chi connectivity index (χ1v) is 9.57. The van der Waals surface area contributed by atoms with Gasteiger partial charge in [0.15, 0.2) is 11.6 Å². The van der Waals surface area contributed by atoms with Crippen LogP contribution in [0.15, 0.2) is 36.7 Å². The monoisotopic (exact) mass is 409 g/mol. The van der Waals surface area contributed by atoms with Crippen LogP contribution >= 0.6 is 0 Å². The van der Waals surface area contributed by atoms with E-state index in [1.807, 2.05) is 6.92 Å². The van der Waals surface area contributed by atoms with Gasteiger partial charge in [0.25, 0.3) is 11.8 Å². The second-order valence-electron chi connectivity index (χ2n) is 7.16. The highest BCUT2D eigenvalue weighted by atomic mass is 16.5. The molecule has 3 aromatic rings. The SMILES string of the molecule is COc1cc(-c2ccc3c(n2)[C@H](C)N(c2ccn(C[C@@H](C)O)n2)C3=O)cnc1OC. The highest BCUT2D eigenvalue weighted by molar-refractivity contribution is 6.10. The summed E-state index contributed by atoms with van der Waals surface area (Å²) in [7, 11) is 3.08. The first-order valence-electron chi connectivity index (χ1n) is 9.57. The third-order valence-corrected chi connectivity index (χ3v) is 5.01. The first-order chi connectivity index (χ1) is 14.4. The van der Waals surface area contributed by atoms with Crippen LogP contribution in [0.2, 0.25) is 0 Å². The van der Waals surface area contributed by atoms with Gasteiger partial charge in [-0.05, 0) is 32.0 Å². The van der Waals surface area contributed by atoms with Crippen molar-refractivity contribution >= 4 is 11.7 Å². The van der Waals surface area contributed by atoms with Crippen LogP contribution in [0.1, 0.15) is 35.9 Å². The molecule has 1 amide bonds. The number of rotatable bonds is 6. The number of aliphatic hydroxyl groups excluding tert-OH is 1. The smallest absolute Gasteiger partial charge is 0.262 e. The summed E-state index contributed by atoms with van der Waals surface area (Å²) in [5, 5.41) is 14.0. The van der Waals surface area contributed by atoms with E-state index in [2.05, 4.69) is 10.1 Å². The highest BCUT2D eigenvalue weighted by Crippen LogP contribution is 2.37. The van der Waals surface area contributed by atoms with Gasteiger partial charge in [0.2, 0.25) is 0 Å². The maximum absolute atomic E-state index is 13.0. The Hall–Kier alpha value is -3.46. The summed E-state index contributed by atoms with van der Waals surface area (Å²) in [6.07, 6.45) is 2.88. The number of carbonyl (C=O) groups excluding carboxylic acids is 1. The maximum Gasteiger partial charge on any atom is 0.262 e. The van der Waals surface area contributed by atoms with Gasteiger partial charge < -0.3 is 14.6 Å². The lowest BCUT2D eigenvalue weighted by atomic mass is 10.1. The van der Waals surface area contributed by atoms with Crippen molar-refractivity contribution in [3.63, 3.8) is 0 Å². The molecule has 9 heteroatoms. The van der Waals surface area contributed by atoms with Crippen LogP contribution in [0.3, 0.4) is 0 Å². The molecule has 1 aliphatic heterocycles. The maximum atomic E-state index is 13.0. The molecule has 30 heavy (non-hydrogen) atoms. The van der Waals surface area contributed by atoms with E-state index in [1.165, 1.54) is 7.11 Å². The number of fused-ring (bicyclic) bond motifs is 1. The molecule has 0 unspecified atom stereocenters. The minimum Gasteiger partial charge on any atom is -0.491 e. The lowest BCUT2D eigenvalue weighted by Crippen LogP contribution is -2.27. The number of pyridine rings is 2. The van der Waals surface area contributed by atoms with Crippen LogP contribution in [-0.2, 0) is 6.54 Å². The van der Waals surface area contributed by atoms with Gasteiger partial charge in [-0.2, -0.15) is 5.10 Å². The zero-order chi connectivity index (χ0) is 21.4. The molecule has 0 aromatic carbocycles. The summed E-state index contributed by atoms with van der Waals surface area (Å²) in [6.45, 7) is 3.97. The Morgan fingerprint density at radius 3 is 2.73 bits per heavy atom. The summed E-state index contributed by atoms with van der Waals surface area (Å²) < 4.78 is 12.1. The molecule has 4 heterocycles. The summed E-state index contributed by atoms with van der Waals surface area (Å²) in [4.78, 5) is 23.6. The molecule has 2 atom stereocenters. The number of amides is 1. The molecule has 0 saturated heterocycles. The number of carbonyl (C=O) groups is 1. The topological polar surface area (TPSA) is 103 Å². The van der Waals surface area contributed by atoms with Gasteiger partial charge in [-0.1, -0.05) is 0 Å². The Morgan fingerprint density at radius 1 is 1.23 bits per heavy atom. The molecular formula is C21H23N5O4. The van der Waals surface area contributed by atoms with Crippen LogP contribution < -0.4 is 14.4 Å². The van der Waals surface area contributed by atoms with Crippen molar-refractivity contribution < 1.29 is 19.4 Å². The number of aromatic nitrogens is 4. The molecular weight excluding hydrogens is 386 g/mol. The van der Waals surface area contributed by atoms with E-state index in [0.29, 0.717) is 40.9 Å². The molecule has 1 N–H and O–H groups in total. The lowest BCUT2D eigenvalue weighted by Gasteiger charge is -2.18. The predicted molar refractivity (Wildman–Crippen MR) is 110 cm³/mol. The van der Waals surface area contributed by atoms with Crippen molar-refractivity contribution in [1.82, 2.24) is 19.7 Å². The summed E-state index contributed by atoms with van der Waals surface area (Å²) in [5.74, 6) is 1.28. The Balaban J connectivity index is 1.67. The summed E-state index contributed by atoms with van der Waals surface area (Å²) >= 11 is 0. The molecule has 0 aliphatic carbocycles. The zero-order valence-electron chi connectivity index (χ0n) is 17.2. The van der Waals surface area contributed by atoms with E-state index < -0.39 is 6.10 Å². The third kappa shape index (κ3) is 3.37. The molecule has 0 spiro atoms. The standard InChI is InChI=1S/C21H23N5O4/c1-12(27)11-25-8-7-18(24-25)26-13(2)19-15(21(26)28)5-6-16(23-19)14-9-17(29-3)20(30-4)22-10-14/h5-10,12-13,27H,11H2,1-4H3/t12-,13+/m1/s1. The van der Waals surface area contributed by atoms with Crippen LogP contribution in [0, 0.1) is 0 Å². The molecule has 0 radical (unpaired) electrons. The number of hydrogen-bond acceptors (Lipinski definition) is 7. The fraction of sp³-hybridized carbons (Fsp3) is 0.333. The van der Waals surface area contributed by atoms with E-state index in [1.54, 1.807) is 60.3 Å². The van der Waals surface area contributed by atoms with Crippen LogP contribution in [0.4, 0.5) is 5.82 Å². The van der Waals surface area contributed by atoms with Crippen LogP contribution in [0.5, 0.6) is 11.6 Å². The van der Waals surface area contributed by atoms with E-state index in [4.69, 9.17) is 14.5 Å². The molecule has 9 nitrogen and oxygen atoms in total. The van der Waals surface area contributed by atoms with Gasteiger partial charge in [-0.15, -0.1) is 0 Å². The van der Waals surface area contributed by atoms with Gasteiger partial charge >= 0.3 is 0 Å². The largest absolute Gasteiger partial charge is 0.491 e. The van der Waals surface area contributed by atoms with Gasteiger partial charge in [-0.3, -0.25) is 14.4 Å². The van der Waals surface area contributed by atoms with E-state index >= 15 is 0 Å². The van der Waals surface area contributed by atoms with Crippen molar-refractivity contribution in [3.05, 3.63) is 47.9 Å². The Bertz CT molecular complexity index is 1090. The van der Waals surface area contributed by atoms with Gasteiger partial charge in [-0.25, -0.2) is 9.97 Å². The summed E-state index contributed by atoms with van der Waals surface area (Å²) in [6, 6.07) is 6.86. The Kier molecular flexibility index (Phi) is 5.13. The lowest BCUT2D eigenvalue weighted by molar-refractivity contribution is 0.0991. The van der Waals surface area contributed by atoms with Crippen molar-refractivity contribution in [2.45, 2.75) is 32.5 Å². The highest BCUT2D eigenvalue weighted by Gasteiger charge is 2.37. The number of aliphatic hydroxyl groups is 1. The quantitative estimate of drug-likeness (QED) is 0.667. The molecule has 0 fully saturated rings. The summed E-state index contributed by atoms with van der Waals surface area (Å²) in [5.41, 5.74) is 2.67. The minimum absolute atomic E-state index is 0.149. The number of nitrogens with zero attached hydrogens (tertiary/aromatic N) is 5. The van der Waals surface area contributed by atoms with E-state index in [0.717, 1.165) is 5.56 Å². The Labute approximate surface area is 173 Å². The van der Waals surface area contributed by atoms with Crippen molar-refractivity contribution in [3.8, 4) is 22.9 Å². The van der Waals surface area contributed by atoms with Gasteiger partial charge in [0, 0.05) is 24.0 Å². The number of hydrogen-bond donors (Lipinski definition) is 1. The first kappa shape index (κ1) is 19.8. The fourth-order valence-corrected chi connectivity index (χ4v) is 3.59. The molecule has 0 saturated carbocycles. The predicted octanol–water partition coefficient (Wildman–Crippen LogP) is 2.46. The van der Waals surface area contributed by atoms with E-state index in [9.17, 15) is 9.90 Å². The fourth-order valence-electron chi connectivity index (χ4n) is 3.59. The normalized spacial score (nSPS) is 16.5. The number of anilines is 1. The molecule has 0 bridgehead atoms. The number of methoxy groups -OCH3 is 2. The van der Waals surface area contributed by atoms with Gasteiger partial charge in [0.1, 0.15) is 0 Å². The molecule has 3 aromatic heterocycles. The molecule has 156 valence electrons. The Morgan fingerprint density at radius 2 is 2.03 bits per heavy atom. The van der Waals surface area contributed by atoms with Crippen molar-refractivity contribution in [2.24, 2.45) is 0 Å². The molecule has 4 rings (SSSR count). The second kappa shape index (κ2) is 7.75. The molecule has 1 aliphatic rings. The third-order valence-electron chi connectivity index (χ3n) is 5.01. The number of ether oxygens (including phenoxy) is 2. The second-order valence-corrected chi connectivity index (χ2v) is 7.16. The van der Waals surface area contributed by atoms with Crippen LogP contribution in [-0.4, -0.2) is 51.1 Å². The average Bonchev–Trinajstić information content (AvgIpc) is 3.28. The van der Waals surface area contributed by atoms with Crippen molar-refractivity contribution in [1.29, 1.82) is 0 Å². The minimum atomic E-state index is -0.527.